The first kappa shape index (κ1) is 14.2. The molecule has 1 aromatic heterocycles. The largest absolute Gasteiger partial charge is 0.287 e. The Labute approximate surface area is 123 Å². The molecule has 0 bridgehead atoms. The number of rotatable bonds is 4. The third-order valence-corrected chi connectivity index (χ3v) is 3.51. The van der Waals surface area contributed by atoms with Crippen molar-refractivity contribution >= 4 is 33.3 Å². The normalized spacial score (nSPS) is 10.7. The summed E-state index contributed by atoms with van der Waals surface area (Å²) in [7, 11) is 0. The number of hydrogen-bond acceptors (Lipinski definition) is 2. The average molecular weight is 346 g/mol. The Bertz CT molecular complexity index is 627. The van der Waals surface area contributed by atoms with Crippen LogP contribution in [0.4, 0.5) is 4.39 Å². The molecule has 100 valence electrons. The molecule has 0 amide bonds. The van der Waals surface area contributed by atoms with E-state index in [-0.39, 0.29) is 10.3 Å². The van der Waals surface area contributed by atoms with Crippen LogP contribution >= 0.6 is 27.5 Å². The second-order valence-corrected chi connectivity index (χ2v) is 5.28. The molecule has 0 saturated carbocycles. The molecule has 0 N–H and O–H groups in total. The van der Waals surface area contributed by atoms with Gasteiger partial charge in [0, 0.05) is 12.1 Å². The number of aryl methyl sites for hydroxylation is 1. The molecule has 0 spiro atoms. The van der Waals surface area contributed by atoms with E-state index in [1.165, 1.54) is 24.4 Å². The van der Waals surface area contributed by atoms with Gasteiger partial charge in [0.2, 0.25) is 5.78 Å². The number of ketones is 1. The first-order valence-corrected chi connectivity index (χ1v) is 6.92. The second-order valence-electron chi connectivity index (χ2n) is 4.02. The van der Waals surface area contributed by atoms with Crippen molar-refractivity contribution in [2.24, 2.45) is 0 Å². The summed E-state index contributed by atoms with van der Waals surface area (Å²) in [5.74, 6) is -0.679. The van der Waals surface area contributed by atoms with Crippen LogP contribution in [0.25, 0.3) is 0 Å². The maximum Gasteiger partial charge on any atom is 0.212 e. The first-order chi connectivity index (χ1) is 9.04. The van der Waals surface area contributed by atoms with E-state index in [2.05, 4.69) is 21.0 Å². The van der Waals surface area contributed by atoms with Crippen LogP contribution in [0.3, 0.4) is 0 Å². The fraction of sp³-hybridized carbons (Fsp3) is 0.231. The average Bonchev–Trinajstić information content (AvgIpc) is 2.74. The van der Waals surface area contributed by atoms with Crippen molar-refractivity contribution in [1.29, 1.82) is 0 Å². The van der Waals surface area contributed by atoms with Crippen LogP contribution in [0, 0.1) is 5.82 Å². The number of halogens is 3. The molecule has 3 nitrogen and oxygen atoms in total. The van der Waals surface area contributed by atoms with Crippen molar-refractivity contribution < 1.29 is 9.18 Å². The van der Waals surface area contributed by atoms with E-state index in [1.54, 1.807) is 4.68 Å². The van der Waals surface area contributed by atoms with Crippen molar-refractivity contribution in [2.45, 2.75) is 19.9 Å². The molecular weight excluding hydrogens is 335 g/mol. The zero-order valence-electron chi connectivity index (χ0n) is 10.2. The summed E-state index contributed by atoms with van der Waals surface area (Å²) in [6.07, 6.45) is 2.29. The summed E-state index contributed by atoms with van der Waals surface area (Å²) >= 11 is 9.07. The van der Waals surface area contributed by atoms with Crippen LogP contribution in [-0.2, 0) is 6.54 Å². The Hall–Kier alpha value is -1.20. The molecule has 0 atom stereocenters. The molecule has 2 rings (SSSR count). The summed E-state index contributed by atoms with van der Waals surface area (Å²) in [6.45, 7) is 2.59. The Morgan fingerprint density at radius 2 is 2.26 bits per heavy atom. The molecule has 0 aliphatic heterocycles. The van der Waals surface area contributed by atoms with Gasteiger partial charge < -0.3 is 0 Å². The quantitative estimate of drug-likeness (QED) is 0.783. The molecule has 0 saturated heterocycles. The molecule has 1 heterocycles. The zero-order valence-corrected chi connectivity index (χ0v) is 12.5. The van der Waals surface area contributed by atoms with Crippen LogP contribution in [0.5, 0.6) is 0 Å². The van der Waals surface area contributed by atoms with E-state index < -0.39 is 5.82 Å². The Balaban J connectivity index is 2.43. The standard InChI is InChI=1S/C13H11BrClFN2O/c1-2-5-18-12(10(15)7-17-18)13(19)8-3-4-11(16)9(14)6-8/h3-4,6-7H,2,5H2,1H3. The van der Waals surface area contributed by atoms with Crippen molar-refractivity contribution in [3.8, 4) is 0 Å². The third kappa shape index (κ3) is 2.87. The maximum absolute atomic E-state index is 13.2. The predicted molar refractivity (Wildman–Crippen MR) is 75.1 cm³/mol. The van der Waals surface area contributed by atoms with E-state index in [0.29, 0.717) is 22.8 Å². The number of carbonyl (C=O) groups excluding carboxylic acids is 1. The molecule has 0 aliphatic carbocycles. The first-order valence-electron chi connectivity index (χ1n) is 5.75. The number of aromatic nitrogens is 2. The van der Waals surface area contributed by atoms with Gasteiger partial charge >= 0.3 is 0 Å². The van der Waals surface area contributed by atoms with Gasteiger partial charge in [-0.3, -0.25) is 9.48 Å². The molecule has 0 radical (unpaired) electrons. The molecule has 0 fully saturated rings. The Morgan fingerprint density at radius 1 is 1.53 bits per heavy atom. The lowest BCUT2D eigenvalue weighted by Crippen LogP contribution is -2.12. The zero-order chi connectivity index (χ0) is 14.0. The van der Waals surface area contributed by atoms with Crippen LogP contribution in [0.1, 0.15) is 29.4 Å². The lowest BCUT2D eigenvalue weighted by Gasteiger charge is -2.06. The van der Waals surface area contributed by atoms with Gasteiger partial charge in [-0.05, 0) is 40.5 Å². The predicted octanol–water partition coefficient (Wildman–Crippen LogP) is 4.08. The van der Waals surface area contributed by atoms with Crippen LogP contribution in [0.15, 0.2) is 28.9 Å². The van der Waals surface area contributed by atoms with Gasteiger partial charge in [0.15, 0.2) is 0 Å². The van der Waals surface area contributed by atoms with Gasteiger partial charge in [-0.15, -0.1) is 0 Å². The summed E-state index contributed by atoms with van der Waals surface area (Å²) < 4.78 is 15.0. The molecule has 0 unspecified atom stereocenters. The smallest absolute Gasteiger partial charge is 0.212 e. The molecular formula is C13H11BrClFN2O. The van der Waals surface area contributed by atoms with Gasteiger partial charge in [-0.25, -0.2) is 4.39 Å². The number of nitrogens with zero attached hydrogens (tertiary/aromatic N) is 2. The van der Waals surface area contributed by atoms with E-state index in [0.717, 1.165) is 6.42 Å². The van der Waals surface area contributed by atoms with E-state index in [4.69, 9.17) is 11.6 Å². The van der Waals surface area contributed by atoms with Crippen molar-refractivity contribution in [3.63, 3.8) is 0 Å². The van der Waals surface area contributed by atoms with Crippen LogP contribution in [-0.4, -0.2) is 15.6 Å². The highest BCUT2D eigenvalue weighted by Gasteiger charge is 2.19. The number of carbonyl (C=O) groups is 1. The fourth-order valence-corrected chi connectivity index (χ4v) is 2.35. The highest BCUT2D eigenvalue weighted by Crippen LogP contribution is 2.23. The molecule has 1 aromatic carbocycles. The highest BCUT2D eigenvalue weighted by atomic mass is 79.9. The van der Waals surface area contributed by atoms with Gasteiger partial charge in [-0.1, -0.05) is 18.5 Å². The second kappa shape index (κ2) is 5.84. The van der Waals surface area contributed by atoms with Gasteiger partial charge in [-0.2, -0.15) is 5.10 Å². The SMILES string of the molecule is CCCn1ncc(Cl)c1C(=O)c1ccc(F)c(Br)c1. The number of hydrogen-bond donors (Lipinski definition) is 0. The minimum atomic E-state index is -0.412. The van der Waals surface area contributed by atoms with Crippen molar-refractivity contribution in [2.75, 3.05) is 0 Å². The lowest BCUT2D eigenvalue weighted by atomic mass is 10.1. The van der Waals surface area contributed by atoms with Crippen molar-refractivity contribution in [3.05, 3.63) is 51.0 Å². The molecule has 0 aliphatic rings. The Morgan fingerprint density at radius 3 is 2.89 bits per heavy atom. The van der Waals surface area contributed by atoms with E-state index in [1.807, 2.05) is 6.92 Å². The number of benzene rings is 1. The van der Waals surface area contributed by atoms with E-state index in [9.17, 15) is 9.18 Å². The minimum absolute atomic E-state index is 0.246. The lowest BCUT2D eigenvalue weighted by molar-refractivity contribution is 0.102. The monoisotopic (exact) mass is 344 g/mol. The minimum Gasteiger partial charge on any atom is -0.287 e. The third-order valence-electron chi connectivity index (χ3n) is 2.63. The summed E-state index contributed by atoms with van der Waals surface area (Å²) in [6, 6.07) is 4.12. The molecule has 6 heteroatoms. The fourth-order valence-electron chi connectivity index (χ4n) is 1.74. The highest BCUT2D eigenvalue weighted by molar-refractivity contribution is 9.10. The maximum atomic E-state index is 13.2. The summed E-state index contributed by atoms with van der Waals surface area (Å²) in [5, 5.41) is 4.37. The summed E-state index contributed by atoms with van der Waals surface area (Å²) in [5.41, 5.74) is 0.704. The van der Waals surface area contributed by atoms with Crippen molar-refractivity contribution in [1.82, 2.24) is 9.78 Å². The molecule has 19 heavy (non-hydrogen) atoms. The van der Waals surface area contributed by atoms with E-state index >= 15 is 0 Å². The van der Waals surface area contributed by atoms with Crippen LogP contribution in [0.2, 0.25) is 5.02 Å². The topological polar surface area (TPSA) is 34.9 Å². The van der Waals surface area contributed by atoms with Gasteiger partial charge in [0.1, 0.15) is 11.5 Å². The van der Waals surface area contributed by atoms with Crippen LogP contribution < -0.4 is 0 Å². The van der Waals surface area contributed by atoms with Gasteiger partial charge in [0.05, 0.1) is 15.7 Å². The Kier molecular flexibility index (Phi) is 4.37. The molecule has 2 aromatic rings. The van der Waals surface area contributed by atoms with Gasteiger partial charge in [0.25, 0.3) is 0 Å². The summed E-state index contributed by atoms with van der Waals surface area (Å²) in [4.78, 5) is 12.4.